The average Bonchev–Trinajstić information content (AvgIpc) is 1.93. The molecule has 0 spiro atoms. The van der Waals surface area contributed by atoms with E-state index in [-0.39, 0.29) is 0 Å². The molecule has 3 nitrogen and oxygen atoms in total. The fraction of sp³-hybridized carbons (Fsp3) is 0.250. The van der Waals surface area contributed by atoms with E-state index in [0.29, 0.717) is 18.2 Å². The van der Waals surface area contributed by atoms with Crippen LogP contribution in [0, 0.1) is 0 Å². The zero-order chi connectivity index (χ0) is 13.3. The first kappa shape index (κ1) is 13.3. The van der Waals surface area contributed by atoms with Crippen molar-refractivity contribution in [2.24, 2.45) is 0 Å². The van der Waals surface area contributed by atoms with E-state index < -0.39 is 29.9 Å². The van der Waals surface area contributed by atoms with Crippen molar-refractivity contribution >= 4 is 5.69 Å². The Morgan fingerprint density at radius 2 is 1.12 bits per heavy atom. The van der Waals surface area contributed by atoms with Crippen LogP contribution in [-0.2, 0) is 0 Å². The molecule has 0 atom stereocenters. The highest BCUT2D eigenvalue weighted by Gasteiger charge is 2.33. The van der Waals surface area contributed by atoms with E-state index >= 15 is 0 Å². The van der Waals surface area contributed by atoms with Crippen LogP contribution in [0.4, 0.5) is 32.0 Å². The molecule has 0 heterocycles. The van der Waals surface area contributed by atoms with Gasteiger partial charge in [0.05, 0.1) is 5.69 Å². The first-order valence-electron chi connectivity index (χ1n) is 3.93. The number of hydrogen-bond donors (Lipinski definition) is 0. The Labute approximate surface area is 90.7 Å². The van der Waals surface area contributed by atoms with Gasteiger partial charge in [-0.1, -0.05) is 0 Å². The van der Waals surface area contributed by atoms with E-state index in [1.165, 1.54) is 0 Å². The summed E-state index contributed by atoms with van der Waals surface area (Å²) in [6.07, 6.45) is -10.1. The number of nitrogens with one attached hydrogen (secondary N) is 1. The van der Waals surface area contributed by atoms with E-state index in [0.717, 1.165) is 0 Å². The highest BCUT2D eigenvalue weighted by Crippen LogP contribution is 2.32. The molecule has 0 unspecified atom stereocenters. The van der Waals surface area contributed by atoms with Gasteiger partial charge in [-0.15, -0.1) is 26.3 Å². The fourth-order valence-electron chi connectivity index (χ4n) is 0.957. The molecule has 95 valence electrons. The number of rotatable bonds is 2. The van der Waals surface area contributed by atoms with Crippen LogP contribution in [0.25, 0.3) is 0 Å². The minimum absolute atomic E-state index is 0.388. The molecule has 0 saturated heterocycles. The SMILES string of the molecule is [NH]c1cc(OC(F)(F)F)cc(OC(F)(F)F)c1. The van der Waals surface area contributed by atoms with Crippen LogP contribution >= 0.6 is 0 Å². The van der Waals surface area contributed by atoms with E-state index in [2.05, 4.69) is 9.47 Å². The molecule has 0 aliphatic heterocycles. The van der Waals surface area contributed by atoms with Crippen molar-refractivity contribution in [3.8, 4) is 11.5 Å². The summed E-state index contributed by atoms with van der Waals surface area (Å²) in [5.74, 6) is -1.91. The van der Waals surface area contributed by atoms with Crippen molar-refractivity contribution < 1.29 is 35.8 Å². The molecule has 9 heteroatoms. The summed E-state index contributed by atoms with van der Waals surface area (Å²) in [7, 11) is 0. The van der Waals surface area contributed by atoms with Crippen molar-refractivity contribution in [2.45, 2.75) is 12.7 Å². The van der Waals surface area contributed by atoms with Gasteiger partial charge in [0, 0.05) is 18.2 Å². The fourth-order valence-corrected chi connectivity index (χ4v) is 0.957. The highest BCUT2D eigenvalue weighted by molar-refractivity contribution is 5.48. The van der Waals surface area contributed by atoms with Gasteiger partial charge in [-0.2, -0.15) is 0 Å². The topological polar surface area (TPSA) is 42.3 Å². The van der Waals surface area contributed by atoms with Crippen LogP contribution in [0.2, 0.25) is 0 Å². The lowest BCUT2D eigenvalue weighted by molar-refractivity contribution is -0.276. The second-order valence-corrected chi connectivity index (χ2v) is 2.79. The van der Waals surface area contributed by atoms with Gasteiger partial charge in [0.1, 0.15) is 11.5 Å². The maximum atomic E-state index is 11.8. The van der Waals surface area contributed by atoms with E-state index in [9.17, 15) is 26.3 Å². The molecule has 1 aromatic rings. The predicted molar refractivity (Wildman–Crippen MR) is 42.6 cm³/mol. The maximum Gasteiger partial charge on any atom is 0.573 e. The molecule has 1 aromatic carbocycles. The highest BCUT2D eigenvalue weighted by atomic mass is 19.4. The molecule has 0 aromatic heterocycles. The first-order chi connectivity index (χ1) is 7.55. The zero-order valence-electron chi connectivity index (χ0n) is 7.82. The lowest BCUT2D eigenvalue weighted by Gasteiger charge is -2.12. The third-order valence-corrected chi connectivity index (χ3v) is 1.35. The average molecular weight is 260 g/mol. The van der Waals surface area contributed by atoms with Gasteiger partial charge >= 0.3 is 12.7 Å². The molecule has 1 rings (SSSR count). The van der Waals surface area contributed by atoms with Crippen LogP contribution in [0.5, 0.6) is 11.5 Å². The summed E-state index contributed by atoms with van der Waals surface area (Å²) in [5, 5.41) is 0. The Kier molecular flexibility index (Phi) is 3.30. The van der Waals surface area contributed by atoms with Crippen LogP contribution in [0.1, 0.15) is 0 Å². The molecule has 0 amide bonds. The van der Waals surface area contributed by atoms with Crippen molar-refractivity contribution in [3.63, 3.8) is 0 Å². The number of halogens is 6. The Balaban J connectivity index is 2.95. The van der Waals surface area contributed by atoms with Crippen LogP contribution in [-0.4, -0.2) is 12.7 Å². The van der Waals surface area contributed by atoms with Gasteiger partial charge < -0.3 is 15.2 Å². The summed E-state index contributed by atoms with van der Waals surface area (Å²) < 4.78 is 77.5. The van der Waals surface area contributed by atoms with Crippen LogP contribution in [0.3, 0.4) is 0 Å². The molecule has 0 aliphatic rings. The summed E-state index contributed by atoms with van der Waals surface area (Å²) in [4.78, 5) is 0. The van der Waals surface area contributed by atoms with Crippen LogP contribution < -0.4 is 15.2 Å². The third kappa shape index (κ3) is 5.18. The molecular formula is C8H4F6NO2. The zero-order valence-corrected chi connectivity index (χ0v) is 7.82. The monoisotopic (exact) mass is 260 g/mol. The lowest BCUT2D eigenvalue weighted by atomic mass is 10.3. The standard InChI is InChI=1S/C8H4F6NO2/c9-7(10,11)16-5-1-4(15)2-6(3-5)17-8(12,13)14/h1-3,15H. The molecule has 17 heavy (non-hydrogen) atoms. The molecule has 1 radical (unpaired) electrons. The number of benzene rings is 1. The molecule has 0 bridgehead atoms. The smallest absolute Gasteiger partial charge is 0.406 e. The summed E-state index contributed by atoms with van der Waals surface area (Å²) in [6, 6.07) is 1.60. The van der Waals surface area contributed by atoms with Crippen molar-refractivity contribution in [1.29, 1.82) is 0 Å². The lowest BCUT2D eigenvalue weighted by Crippen LogP contribution is -2.19. The van der Waals surface area contributed by atoms with Gasteiger partial charge in [0.15, 0.2) is 0 Å². The second-order valence-electron chi connectivity index (χ2n) is 2.79. The maximum absolute atomic E-state index is 11.8. The van der Waals surface area contributed by atoms with E-state index in [4.69, 9.17) is 5.73 Å². The van der Waals surface area contributed by atoms with Gasteiger partial charge in [-0.25, -0.2) is 0 Å². The Bertz CT molecular complexity index is 366. The quantitative estimate of drug-likeness (QED) is 0.765. The Hall–Kier alpha value is -1.80. The summed E-state index contributed by atoms with van der Waals surface area (Å²) >= 11 is 0. The van der Waals surface area contributed by atoms with Gasteiger partial charge in [-0.3, -0.25) is 0 Å². The minimum Gasteiger partial charge on any atom is -0.406 e. The molecule has 0 aliphatic carbocycles. The third-order valence-electron chi connectivity index (χ3n) is 1.35. The van der Waals surface area contributed by atoms with Gasteiger partial charge in [0.25, 0.3) is 0 Å². The number of ether oxygens (including phenoxy) is 2. The molecule has 0 fully saturated rings. The minimum atomic E-state index is -5.05. The molecule has 1 N–H and O–H groups in total. The molecular weight excluding hydrogens is 256 g/mol. The van der Waals surface area contributed by atoms with Crippen molar-refractivity contribution in [2.75, 3.05) is 0 Å². The number of hydrogen-bond acceptors (Lipinski definition) is 2. The summed E-state index contributed by atoms with van der Waals surface area (Å²) in [5.41, 5.74) is 6.39. The molecule has 0 saturated carbocycles. The van der Waals surface area contributed by atoms with Crippen molar-refractivity contribution in [3.05, 3.63) is 18.2 Å². The van der Waals surface area contributed by atoms with E-state index in [1.54, 1.807) is 0 Å². The van der Waals surface area contributed by atoms with Gasteiger partial charge in [0.2, 0.25) is 0 Å². The normalized spacial score (nSPS) is 12.4. The number of alkyl halides is 6. The largest absolute Gasteiger partial charge is 0.573 e. The summed E-state index contributed by atoms with van der Waals surface area (Å²) in [6.45, 7) is 0. The van der Waals surface area contributed by atoms with E-state index in [1.807, 2.05) is 0 Å². The van der Waals surface area contributed by atoms with Crippen molar-refractivity contribution in [1.82, 2.24) is 5.73 Å². The van der Waals surface area contributed by atoms with Gasteiger partial charge in [-0.05, 0) is 0 Å². The second kappa shape index (κ2) is 4.22. The van der Waals surface area contributed by atoms with Crippen LogP contribution in [0.15, 0.2) is 18.2 Å². The predicted octanol–water partition coefficient (Wildman–Crippen LogP) is 3.40. The Morgan fingerprint density at radius 1 is 0.765 bits per heavy atom. The first-order valence-corrected chi connectivity index (χ1v) is 3.93. The Morgan fingerprint density at radius 3 is 1.41 bits per heavy atom.